The number of hydrogen-bond acceptors (Lipinski definition) is 5. The van der Waals surface area contributed by atoms with Crippen LogP contribution in [0.15, 0.2) is 6.20 Å². The van der Waals surface area contributed by atoms with Crippen LogP contribution in [0.2, 0.25) is 0 Å². The molecule has 112 valence electrons. The van der Waals surface area contributed by atoms with Crippen LogP contribution >= 0.6 is 0 Å². The van der Waals surface area contributed by atoms with E-state index in [1.807, 2.05) is 6.92 Å². The SMILES string of the molecule is Cc1nn(C)c(C)c1C(=O)NCc1cn(CC(=O)O)nn1. The lowest BCUT2D eigenvalue weighted by Gasteiger charge is -2.03. The first-order valence-corrected chi connectivity index (χ1v) is 6.27. The molecule has 2 aromatic heterocycles. The molecule has 0 aromatic carbocycles. The van der Waals surface area contributed by atoms with E-state index in [4.69, 9.17) is 5.11 Å². The topological polar surface area (TPSA) is 115 Å². The van der Waals surface area contributed by atoms with Crippen molar-refractivity contribution < 1.29 is 14.7 Å². The Hall–Kier alpha value is -2.71. The van der Waals surface area contributed by atoms with Gasteiger partial charge in [0.2, 0.25) is 0 Å². The van der Waals surface area contributed by atoms with E-state index in [9.17, 15) is 9.59 Å². The van der Waals surface area contributed by atoms with Crippen molar-refractivity contribution in [3.63, 3.8) is 0 Å². The van der Waals surface area contributed by atoms with Crippen LogP contribution in [0.4, 0.5) is 0 Å². The van der Waals surface area contributed by atoms with E-state index in [1.54, 1.807) is 18.7 Å². The molecule has 0 aliphatic heterocycles. The monoisotopic (exact) mass is 292 g/mol. The maximum Gasteiger partial charge on any atom is 0.325 e. The zero-order valence-electron chi connectivity index (χ0n) is 12.0. The highest BCUT2D eigenvalue weighted by Gasteiger charge is 2.17. The van der Waals surface area contributed by atoms with Crippen molar-refractivity contribution in [1.82, 2.24) is 30.1 Å². The third-order valence-electron chi connectivity index (χ3n) is 3.05. The van der Waals surface area contributed by atoms with Gasteiger partial charge in [-0.15, -0.1) is 5.10 Å². The molecule has 0 fully saturated rings. The molecule has 9 nitrogen and oxygen atoms in total. The van der Waals surface area contributed by atoms with E-state index in [2.05, 4.69) is 20.7 Å². The molecular formula is C12H16N6O3. The number of aryl methyl sites for hydroxylation is 2. The second-order valence-corrected chi connectivity index (χ2v) is 4.65. The van der Waals surface area contributed by atoms with Crippen LogP contribution in [-0.4, -0.2) is 41.8 Å². The summed E-state index contributed by atoms with van der Waals surface area (Å²) >= 11 is 0. The van der Waals surface area contributed by atoms with Crippen LogP contribution < -0.4 is 5.32 Å². The molecule has 2 heterocycles. The van der Waals surface area contributed by atoms with E-state index in [0.717, 1.165) is 5.69 Å². The van der Waals surface area contributed by atoms with Gasteiger partial charge in [0.1, 0.15) is 12.2 Å². The Morgan fingerprint density at radius 3 is 2.67 bits per heavy atom. The van der Waals surface area contributed by atoms with Crippen molar-refractivity contribution in [2.75, 3.05) is 0 Å². The van der Waals surface area contributed by atoms with Crippen molar-refractivity contribution >= 4 is 11.9 Å². The smallest absolute Gasteiger partial charge is 0.325 e. The lowest BCUT2D eigenvalue weighted by molar-refractivity contribution is -0.137. The molecule has 0 spiro atoms. The standard InChI is InChI=1S/C12H16N6O3/c1-7-11(8(2)17(3)15-7)12(21)13-4-9-5-18(16-14-9)6-10(19)20/h5H,4,6H2,1-3H3,(H,13,21)(H,19,20). The normalized spacial score (nSPS) is 10.6. The van der Waals surface area contributed by atoms with Gasteiger partial charge in [-0.05, 0) is 13.8 Å². The molecule has 0 aliphatic carbocycles. The number of amides is 1. The molecular weight excluding hydrogens is 276 g/mol. The van der Waals surface area contributed by atoms with Gasteiger partial charge >= 0.3 is 5.97 Å². The minimum atomic E-state index is -1.00. The zero-order valence-corrected chi connectivity index (χ0v) is 12.0. The first kappa shape index (κ1) is 14.7. The Morgan fingerprint density at radius 1 is 1.38 bits per heavy atom. The Morgan fingerprint density at radius 2 is 2.10 bits per heavy atom. The molecule has 1 amide bonds. The van der Waals surface area contributed by atoms with Crippen molar-refractivity contribution in [3.8, 4) is 0 Å². The predicted molar refractivity (Wildman–Crippen MR) is 71.5 cm³/mol. The number of aliphatic carboxylic acids is 1. The van der Waals surface area contributed by atoms with Gasteiger partial charge in [0, 0.05) is 12.7 Å². The second kappa shape index (κ2) is 5.73. The number of hydrogen-bond donors (Lipinski definition) is 2. The first-order valence-electron chi connectivity index (χ1n) is 6.27. The number of carbonyl (C=O) groups excluding carboxylic acids is 1. The van der Waals surface area contributed by atoms with Gasteiger partial charge in [-0.3, -0.25) is 14.3 Å². The predicted octanol–water partition coefficient (Wildman–Crippen LogP) is -0.357. The number of nitrogens with zero attached hydrogens (tertiary/aromatic N) is 5. The molecule has 0 atom stereocenters. The molecule has 0 unspecified atom stereocenters. The van der Waals surface area contributed by atoms with Crippen LogP contribution in [0.3, 0.4) is 0 Å². The van der Waals surface area contributed by atoms with Crippen molar-refractivity contribution in [3.05, 3.63) is 28.8 Å². The lowest BCUT2D eigenvalue weighted by atomic mass is 10.2. The van der Waals surface area contributed by atoms with Crippen molar-refractivity contribution in [1.29, 1.82) is 0 Å². The van der Waals surface area contributed by atoms with Crippen molar-refractivity contribution in [2.24, 2.45) is 7.05 Å². The van der Waals surface area contributed by atoms with Crippen LogP contribution in [0, 0.1) is 13.8 Å². The largest absolute Gasteiger partial charge is 0.480 e. The number of rotatable bonds is 5. The Kier molecular flexibility index (Phi) is 4.01. The van der Waals surface area contributed by atoms with Gasteiger partial charge in [-0.25, -0.2) is 4.68 Å². The molecule has 2 N–H and O–H groups in total. The summed E-state index contributed by atoms with van der Waals surface area (Å²) < 4.78 is 2.85. The highest BCUT2D eigenvalue weighted by Crippen LogP contribution is 2.11. The number of nitrogens with one attached hydrogen (secondary N) is 1. The van der Waals surface area contributed by atoms with Crippen LogP contribution in [0.5, 0.6) is 0 Å². The number of carboxylic acids is 1. The third-order valence-corrected chi connectivity index (χ3v) is 3.05. The average molecular weight is 292 g/mol. The molecule has 2 aromatic rings. The molecule has 0 radical (unpaired) electrons. The summed E-state index contributed by atoms with van der Waals surface area (Å²) in [6.45, 7) is 3.50. The highest BCUT2D eigenvalue weighted by molar-refractivity contribution is 5.96. The van der Waals surface area contributed by atoms with Gasteiger partial charge < -0.3 is 10.4 Å². The summed E-state index contributed by atoms with van der Waals surface area (Å²) in [7, 11) is 1.77. The summed E-state index contributed by atoms with van der Waals surface area (Å²) in [4.78, 5) is 22.7. The van der Waals surface area contributed by atoms with Crippen LogP contribution in [0.1, 0.15) is 27.4 Å². The van der Waals surface area contributed by atoms with Crippen LogP contribution in [-0.2, 0) is 24.9 Å². The van der Waals surface area contributed by atoms with Gasteiger partial charge in [-0.2, -0.15) is 5.10 Å². The maximum absolute atomic E-state index is 12.1. The number of carboxylic acid groups (broad SMARTS) is 1. The van der Waals surface area contributed by atoms with E-state index in [1.165, 1.54) is 10.9 Å². The van der Waals surface area contributed by atoms with E-state index in [0.29, 0.717) is 17.0 Å². The maximum atomic E-state index is 12.1. The molecule has 2 rings (SSSR count). The Labute approximate surface area is 120 Å². The third kappa shape index (κ3) is 3.25. The van der Waals surface area contributed by atoms with Gasteiger partial charge in [0.05, 0.1) is 24.0 Å². The molecule has 0 saturated heterocycles. The molecule has 9 heteroatoms. The molecule has 0 saturated carbocycles. The van der Waals surface area contributed by atoms with E-state index < -0.39 is 5.97 Å². The molecule has 0 bridgehead atoms. The van der Waals surface area contributed by atoms with Gasteiger partial charge in [-0.1, -0.05) is 5.21 Å². The summed E-state index contributed by atoms with van der Waals surface area (Å²) in [6, 6.07) is 0. The van der Waals surface area contributed by atoms with Crippen molar-refractivity contribution in [2.45, 2.75) is 26.9 Å². The quantitative estimate of drug-likeness (QED) is 0.778. The molecule has 0 aliphatic rings. The fraction of sp³-hybridized carbons (Fsp3) is 0.417. The van der Waals surface area contributed by atoms with E-state index >= 15 is 0 Å². The summed E-state index contributed by atoms with van der Waals surface area (Å²) in [6.07, 6.45) is 1.48. The van der Waals surface area contributed by atoms with Gasteiger partial charge in [0.25, 0.3) is 5.91 Å². The Bertz CT molecular complexity index is 687. The minimum absolute atomic E-state index is 0.173. The lowest BCUT2D eigenvalue weighted by Crippen LogP contribution is -2.24. The second-order valence-electron chi connectivity index (χ2n) is 4.65. The molecule has 21 heavy (non-hydrogen) atoms. The fourth-order valence-electron chi connectivity index (χ4n) is 2.00. The van der Waals surface area contributed by atoms with E-state index in [-0.39, 0.29) is 19.0 Å². The minimum Gasteiger partial charge on any atom is -0.480 e. The first-order chi connectivity index (χ1) is 9.88. The summed E-state index contributed by atoms with van der Waals surface area (Å²) in [5, 5.41) is 23.0. The Balaban J connectivity index is 2.01. The summed E-state index contributed by atoms with van der Waals surface area (Å²) in [5.41, 5.74) is 2.46. The average Bonchev–Trinajstić information content (AvgIpc) is 2.92. The van der Waals surface area contributed by atoms with Crippen LogP contribution in [0.25, 0.3) is 0 Å². The number of aromatic nitrogens is 5. The zero-order chi connectivity index (χ0) is 15.6. The van der Waals surface area contributed by atoms with Gasteiger partial charge in [0.15, 0.2) is 0 Å². The highest BCUT2D eigenvalue weighted by atomic mass is 16.4. The fourth-order valence-corrected chi connectivity index (χ4v) is 2.00. The number of carbonyl (C=O) groups is 2. The summed E-state index contributed by atoms with van der Waals surface area (Å²) in [5.74, 6) is -1.25.